The highest BCUT2D eigenvalue weighted by Gasteiger charge is 2.15. The largest absolute Gasteiger partial charge is 0.379 e. The van der Waals surface area contributed by atoms with Gasteiger partial charge < -0.3 is 39.5 Å². The molecule has 344 valence electrons. The number of likely N-dealkylation sites (N-methyl/N-ethyl adjacent to an activating group) is 1. The zero-order valence-corrected chi connectivity index (χ0v) is 41.6. The van der Waals surface area contributed by atoms with E-state index in [1.807, 2.05) is 0 Å². The van der Waals surface area contributed by atoms with Gasteiger partial charge in [-0.25, -0.2) is 0 Å². The second-order valence-corrected chi connectivity index (χ2v) is 20.6. The van der Waals surface area contributed by atoms with Crippen LogP contribution in [0.4, 0.5) is 0 Å². The first-order valence-corrected chi connectivity index (χ1v) is 24.2. The topological polar surface area (TPSA) is 43.9 Å². The fraction of sp³-hybridized carbons (Fsp3) is 1.00. The van der Waals surface area contributed by atoms with Crippen LogP contribution < -0.4 is 5.32 Å². The molecule has 5 rings (SSSR count). The number of rotatable bonds is 12. The molecule has 0 amide bonds. The van der Waals surface area contributed by atoms with E-state index in [-0.39, 0.29) is 0 Å². The zero-order chi connectivity index (χ0) is 43.0. The fourth-order valence-corrected chi connectivity index (χ4v) is 8.13. The Morgan fingerprint density at radius 2 is 0.719 bits per heavy atom. The van der Waals surface area contributed by atoms with Gasteiger partial charge in [-0.1, -0.05) is 89.5 Å². The van der Waals surface area contributed by atoms with Crippen molar-refractivity contribution >= 4 is 0 Å². The van der Waals surface area contributed by atoms with Crippen LogP contribution in [0.1, 0.15) is 115 Å². The summed E-state index contributed by atoms with van der Waals surface area (Å²) in [6, 6.07) is 0. The Morgan fingerprint density at radius 3 is 1.04 bits per heavy atom. The second-order valence-electron chi connectivity index (χ2n) is 20.6. The van der Waals surface area contributed by atoms with E-state index >= 15 is 0 Å². The molecule has 5 fully saturated rings. The molecule has 57 heavy (non-hydrogen) atoms. The summed E-state index contributed by atoms with van der Waals surface area (Å²) in [5.41, 5.74) is 0. The minimum Gasteiger partial charge on any atom is -0.379 e. The molecule has 0 spiro atoms. The van der Waals surface area contributed by atoms with Crippen LogP contribution in [0.25, 0.3) is 0 Å². The normalized spacial score (nSPS) is 20.7. The van der Waals surface area contributed by atoms with Crippen LogP contribution in [0, 0.1) is 35.5 Å². The first kappa shape index (κ1) is 56.6. The van der Waals surface area contributed by atoms with Crippen LogP contribution in [0.15, 0.2) is 0 Å². The number of piperazine rings is 2. The number of ether oxygens (including phenoxy) is 1. The van der Waals surface area contributed by atoms with Crippen molar-refractivity contribution in [2.75, 3.05) is 165 Å². The zero-order valence-electron chi connectivity index (χ0n) is 41.6. The van der Waals surface area contributed by atoms with Gasteiger partial charge in [0, 0.05) is 98.2 Å². The first-order chi connectivity index (χ1) is 27.0. The van der Waals surface area contributed by atoms with Gasteiger partial charge in [0.2, 0.25) is 0 Å². The van der Waals surface area contributed by atoms with Crippen LogP contribution in [0.5, 0.6) is 0 Å². The molecule has 5 heterocycles. The maximum Gasteiger partial charge on any atom is 0.0594 e. The lowest BCUT2D eigenvalue weighted by molar-refractivity contribution is 0.0329. The van der Waals surface area contributed by atoms with Gasteiger partial charge in [-0.15, -0.1) is 0 Å². The van der Waals surface area contributed by atoms with Crippen LogP contribution >= 0.6 is 0 Å². The minimum absolute atomic E-state index is 0.790. The summed E-state index contributed by atoms with van der Waals surface area (Å²) in [5.74, 6) is 4.92. The van der Waals surface area contributed by atoms with E-state index in [1.165, 1.54) is 150 Å². The SMILES string of the molecule is CC(C)CN(C)C.CC(C)CN1CCCC1.CC(C)CN1CCCCC1.CC(C)CN1CCN(C)CC1.CC(C)CN1CCNCC1.CC(C)CN1CCOCC1. The Labute approximate surface area is 359 Å². The van der Waals surface area contributed by atoms with Crippen molar-refractivity contribution in [2.24, 2.45) is 35.5 Å². The number of hydrogen-bond donors (Lipinski definition) is 1. The van der Waals surface area contributed by atoms with Gasteiger partial charge >= 0.3 is 0 Å². The van der Waals surface area contributed by atoms with Crippen molar-refractivity contribution in [3.05, 3.63) is 0 Å². The molecule has 0 atom stereocenters. The van der Waals surface area contributed by atoms with Crippen molar-refractivity contribution < 1.29 is 4.74 Å². The highest BCUT2D eigenvalue weighted by Crippen LogP contribution is 2.11. The van der Waals surface area contributed by atoms with Gasteiger partial charge in [0.05, 0.1) is 13.2 Å². The molecule has 5 aliphatic heterocycles. The Balaban J connectivity index is 0.000000664. The van der Waals surface area contributed by atoms with Crippen molar-refractivity contribution in [1.29, 1.82) is 0 Å². The molecule has 0 aromatic heterocycles. The summed E-state index contributed by atoms with van der Waals surface area (Å²) in [6.45, 7) is 54.1. The van der Waals surface area contributed by atoms with Crippen molar-refractivity contribution in [3.8, 4) is 0 Å². The van der Waals surface area contributed by atoms with Crippen molar-refractivity contribution in [3.63, 3.8) is 0 Å². The Kier molecular flexibility index (Phi) is 36.1. The molecule has 1 N–H and O–H groups in total. The molecular weight excluding hydrogens is 705 g/mol. The third kappa shape index (κ3) is 38.3. The molecule has 9 nitrogen and oxygen atoms in total. The lowest BCUT2D eigenvalue weighted by Crippen LogP contribution is -2.45. The average Bonchev–Trinajstić information content (AvgIpc) is 3.63. The molecule has 0 saturated carbocycles. The lowest BCUT2D eigenvalue weighted by Gasteiger charge is -2.33. The van der Waals surface area contributed by atoms with Crippen LogP contribution in [-0.2, 0) is 4.74 Å². The van der Waals surface area contributed by atoms with Gasteiger partial charge in [-0.05, 0) is 115 Å². The van der Waals surface area contributed by atoms with Gasteiger partial charge in [-0.2, -0.15) is 0 Å². The highest BCUT2D eigenvalue weighted by molar-refractivity contribution is 4.71. The molecular formula is C48H106N8O. The van der Waals surface area contributed by atoms with Crippen molar-refractivity contribution in [2.45, 2.75) is 115 Å². The molecule has 5 aliphatic rings. The number of likely N-dealkylation sites (tertiary alicyclic amines) is 2. The molecule has 0 aromatic carbocycles. The van der Waals surface area contributed by atoms with Crippen LogP contribution in [0.2, 0.25) is 0 Å². The third-order valence-corrected chi connectivity index (χ3v) is 10.4. The number of nitrogens with one attached hydrogen (secondary N) is 1. The van der Waals surface area contributed by atoms with Gasteiger partial charge in [0.15, 0.2) is 0 Å². The van der Waals surface area contributed by atoms with E-state index in [0.717, 1.165) is 61.8 Å². The summed E-state index contributed by atoms with van der Waals surface area (Å²) in [7, 11) is 6.40. The number of hydrogen-bond acceptors (Lipinski definition) is 9. The molecule has 0 bridgehead atoms. The number of nitrogens with zero attached hydrogens (tertiary/aromatic N) is 7. The quantitative estimate of drug-likeness (QED) is 0.216. The van der Waals surface area contributed by atoms with Crippen LogP contribution in [0.3, 0.4) is 0 Å². The molecule has 0 aromatic rings. The summed E-state index contributed by atoms with van der Waals surface area (Å²) >= 11 is 0. The summed E-state index contributed by atoms with van der Waals surface area (Å²) in [6.07, 6.45) is 7.15. The molecule has 0 radical (unpaired) electrons. The highest BCUT2D eigenvalue weighted by atomic mass is 16.5. The monoisotopic (exact) mass is 811 g/mol. The third-order valence-electron chi connectivity index (χ3n) is 10.4. The maximum absolute atomic E-state index is 5.24. The second kappa shape index (κ2) is 36.3. The van der Waals surface area contributed by atoms with E-state index in [1.54, 1.807) is 0 Å². The Hall–Kier alpha value is -0.360. The summed E-state index contributed by atoms with van der Waals surface area (Å²) in [4.78, 5) is 17.3. The fourth-order valence-electron chi connectivity index (χ4n) is 8.13. The number of piperidine rings is 1. The van der Waals surface area contributed by atoms with Crippen LogP contribution in [-0.4, -0.2) is 200 Å². The molecule has 0 aliphatic carbocycles. The first-order valence-electron chi connectivity index (χ1n) is 24.2. The molecule has 0 unspecified atom stereocenters. The summed E-state index contributed by atoms with van der Waals surface area (Å²) < 4.78 is 5.24. The van der Waals surface area contributed by atoms with E-state index in [2.05, 4.69) is 144 Å². The predicted octanol–water partition coefficient (Wildman–Crippen LogP) is 7.48. The lowest BCUT2D eigenvalue weighted by atomic mass is 10.1. The van der Waals surface area contributed by atoms with Gasteiger partial charge in [-0.3, -0.25) is 4.90 Å². The van der Waals surface area contributed by atoms with Gasteiger partial charge in [0.1, 0.15) is 0 Å². The molecule has 5 saturated heterocycles. The summed E-state index contributed by atoms with van der Waals surface area (Å²) in [5, 5.41) is 3.35. The average molecular weight is 811 g/mol. The predicted molar refractivity (Wildman–Crippen MR) is 254 cm³/mol. The Bertz CT molecular complexity index is 759. The molecule has 9 heteroatoms. The number of morpholine rings is 1. The Morgan fingerprint density at radius 1 is 0.404 bits per heavy atom. The van der Waals surface area contributed by atoms with E-state index < -0.39 is 0 Å². The van der Waals surface area contributed by atoms with Crippen molar-refractivity contribution in [1.82, 2.24) is 39.6 Å². The van der Waals surface area contributed by atoms with E-state index in [0.29, 0.717) is 0 Å². The van der Waals surface area contributed by atoms with Gasteiger partial charge in [0.25, 0.3) is 0 Å². The smallest absolute Gasteiger partial charge is 0.0594 e. The van der Waals surface area contributed by atoms with E-state index in [9.17, 15) is 0 Å². The van der Waals surface area contributed by atoms with E-state index in [4.69, 9.17) is 4.74 Å². The maximum atomic E-state index is 5.24. The minimum atomic E-state index is 0.790. The standard InChI is InChI=1S/C9H20N2.C9H19N.C8H18N2.C8H17NO.C8H17N.C6H15N/c1-9(2)8-11-6-4-10(3)5-7-11;1-9(2)8-10-6-4-3-5-7-10;1-8(2)7-10-5-3-9-4-6-10;1-8(2)7-9-3-5-10-6-4-9;1-8(2)7-9-5-3-4-6-9;1-6(2)5-7(3)4/h9H,4-8H2,1-3H3;9H,3-8H2,1-2H3;8-9H,3-7H2,1-2H3;8H,3-7H2,1-2H3;8H,3-7H2,1-2H3;6H,5H2,1-4H3.